The van der Waals surface area contributed by atoms with E-state index >= 15 is 0 Å². The average molecular weight is 292 g/mol. The summed E-state index contributed by atoms with van der Waals surface area (Å²) in [6, 6.07) is 9.59. The maximum atomic E-state index is 12.5. The molecular weight excluding hydrogens is 281 g/mol. The number of halogens is 3. The van der Waals surface area contributed by atoms with Crippen LogP contribution in [0.3, 0.4) is 0 Å². The van der Waals surface area contributed by atoms with E-state index in [1.54, 1.807) is 18.2 Å². The van der Waals surface area contributed by atoms with Crippen molar-refractivity contribution >= 4 is 17.3 Å². The maximum absolute atomic E-state index is 12.5. The molecule has 0 saturated carbocycles. The van der Waals surface area contributed by atoms with E-state index in [1.165, 1.54) is 17.0 Å². The van der Waals surface area contributed by atoms with E-state index in [0.29, 0.717) is 23.5 Å². The Morgan fingerprint density at radius 1 is 1.05 bits per heavy atom. The predicted molar refractivity (Wildman–Crippen MR) is 72.8 cm³/mol. The first kappa shape index (κ1) is 13.5. The van der Waals surface area contributed by atoms with Crippen molar-refractivity contribution in [1.29, 1.82) is 0 Å². The van der Waals surface area contributed by atoms with Gasteiger partial charge in [-0.2, -0.15) is 13.2 Å². The van der Waals surface area contributed by atoms with Crippen molar-refractivity contribution in [1.82, 2.24) is 0 Å². The highest BCUT2D eigenvalue weighted by Gasteiger charge is 2.32. The minimum absolute atomic E-state index is 0.253. The fraction of sp³-hybridized carbons (Fsp3) is 0.133. The third kappa shape index (κ3) is 2.33. The Balaban J connectivity index is 1.91. The van der Waals surface area contributed by atoms with E-state index in [4.69, 9.17) is 5.73 Å². The lowest BCUT2D eigenvalue weighted by Gasteiger charge is -2.16. The Morgan fingerprint density at radius 2 is 1.71 bits per heavy atom. The lowest BCUT2D eigenvalue weighted by atomic mass is 10.1. The number of fused-ring (bicyclic) bond motifs is 1. The topological polar surface area (TPSA) is 46.3 Å². The summed E-state index contributed by atoms with van der Waals surface area (Å²) >= 11 is 0. The largest absolute Gasteiger partial charge is 0.416 e. The van der Waals surface area contributed by atoms with Crippen molar-refractivity contribution in [2.24, 2.45) is 0 Å². The number of hydrogen-bond acceptors (Lipinski definition) is 2. The van der Waals surface area contributed by atoms with Gasteiger partial charge in [-0.05, 0) is 42.0 Å². The molecule has 0 aliphatic carbocycles. The molecule has 0 aromatic heterocycles. The molecule has 108 valence electrons. The summed E-state index contributed by atoms with van der Waals surface area (Å²) in [5, 5.41) is 0. The molecule has 2 aromatic carbocycles. The molecule has 2 N–H and O–H groups in total. The first-order chi connectivity index (χ1) is 9.86. The molecule has 1 heterocycles. The molecule has 1 aliphatic rings. The van der Waals surface area contributed by atoms with Gasteiger partial charge in [-0.15, -0.1) is 0 Å². The Morgan fingerprint density at radius 3 is 2.33 bits per heavy atom. The number of benzene rings is 2. The Kier molecular flexibility index (Phi) is 2.90. The quantitative estimate of drug-likeness (QED) is 0.818. The molecule has 0 atom stereocenters. The van der Waals surface area contributed by atoms with Gasteiger partial charge in [-0.1, -0.05) is 6.07 Å². The third-order valence-corrected chi connectivity index (χ3v) is 3.44. The third-order valence-electron chi connectivity index (χ3n) is 3.44. The molecule has 0 unspecified atom stereocenters. The van der Waals surface area contributed by atoms with E-state index in [2.05, 4.69) is 0 Å². The van der Waals surface area contributed by atoms with Gasteiger partial charge in [-0.3, -0.25) is 4.79 Å². The number of nitrogens with two attached hydrogens (primary N) is 1. The van der Waals surface area contributed by atoms with Gasteiger partial charge in [0.1, 0.15) is 0 Å². The molecule has 0 spiro atoms. The molecule has 1 aliphatic heterocycles. The molecule has 21 heavy (non-hydrogen) atoms. The van der Waals surface area contributed by atoms with Gasteiger partial charge in [0.15, 0.2) is 0 Å². The SMILES string of the molecule is Nc1ccc2c(c1)C(=O)N(c1ccc(C(F)(F)F)cc1)C2. The van der Waals surface area contributed by atoms with Gasteiger partial charge in [0, 0.05) is 16.9 Å². The van der Waals surface area contributed by atoms with Crippen molar-refractivity contribution in [3.8, 4) is 0 Å². The number of alkyl halides is 3. The summed E-state index contributed by atoms with van der Waals surface area (Å²) in [6.07, 6.45) is -4.38. The highest BCUT2D eigenvalue weighted by Crippen LogP contribution is 2.33. The summed E-state index contributed by atoms with van der Waals surface area (Å²) in [5.74, 6) is -0.253. The lowest BCUT2D eigenvalue weighted by molar-refractivity contribution is -0.137. The van der Waals surface area contributed by atoms with Crippen LogP contribution in [0.2, 0.25) is 0 Å². The molecule has 2 aromatic rings. The van der Waals surface area contributed by atoms with Gasteiger partial charge < -0.3 is 10.6 Å². The van der Waals surface area contributed by atoms with Crippen molar-refractivity contribution in [2.75, 3.05) is 10.6 Å². The van der Waals surface area contributed by atoms with Crippen molar-refractivity contribution < 1.29 is 18.0 Å². The summed E-state index contributed by atoms with van der Waals surface area (Å²) in [7, 11) is 0. The van der Waals surface area contributed by atoms with Gasteiger partial charge >= 0.3 is 6.18 Å². The normalized spacial score (nSPS) is 14.4. The monoisotopic (exact) mass is 292 g/mol. The van der Waals surface area contributed by atoms with Gasteiger partial charge in [-0.25, -0.2) is 0 Å². The Hall–Kier alpha value is -2.50. The number of amides is 1. The van der Waals surface area contributed by atoms with Crippen LogP contribution in [0.15, 0.2) is 42.5 Å². The van der Waals surface area contributed by atoms with E-state index in [9.17, 15) is 18.0 Å². The molecule has 0 radical (unpaired) electrons. The highest BCUT2D eigenvalue weighted by atomic mass is 19.4. The number of anilines is 2. The summed E-state index contributed by atoms with van der Waals surface area (Å²) in [5.41, 5.74) is 7.14. The first-order valence-electron chi connectivity index (χ1n) is 6.24. The Labute approximate surface area is 118 Å². The second-order valence-electron chi connectivity index (χ2n) is 4.85. The van der Waals surface area contributed by atoms with E-state index < -0.39 is 11.7 Å². The molecule has 0 bridgehead atoms. The van der Waals surface area contributed by atoms with Crippen LogP contribution in [0.25, 0.3) is 0 Å². The van der Waals surface area contributed by atoms with Crippen LogP contribution < -0.4 is 10.6 Å². The van der Waals surface area contributed by atoms with Crippen LogP contribution in [-0.4, -0.2) is 5.91 Å². The second-order valence-corrected chi connectivity index (χ2v) is 4.85. The fourth-order valence-corrected chi connectivity index (χ4v) is 2.36. The summed E-state index contributed by atoms with van der Waals surface area (Å²) in [4.78, 5) is 13.7. The molecular formula is C15H11F3N2O. The van der Waals surface area contributed by atoms with Gasteiger partial charge in [0.25, 0.3) is 5.91 Å². The zero-order valence-electron chi connectivity index (χ0n) is 10.8. The maximum Gasteiger partial charge on any atom is 0.416 e. The summed E-state index contributed by atoms with van der Waals surface area (Å²) in [6.45, 7) is 0.333. The van der Waals surface area contributed by atoms with Crippen LogP contribution >= 0.6 is 0 Å². The summed E-state index contributed by atoms with van der Waals surface area (Å²) < 4.78 is 37.6. The van der Waals surface area contributed by atoms with Crippen LogP contribution in [0.4, 0.5) is 24.5 Å². The van der Waals surface area contributed by atoms with Crippen LogP contribution in [0.5, 0.6) is 0 Å². The lowest BCUT2D eigenvalue weighted by Crippen LogP contribution is -2.23. The first-order valence-corrected chi connectivity index (χ1v) is 6.24. The van der Waals surface area contributed by atoms with Crippen molar-refractivity contribution in [3.05, 3.63) is 59.2 Å². The zero-order chi connectivity index (χ0) is 15.2. The standard InChI is InChI=1S/C15H11F3N2O/c16-15(17,18)10-2-5-12(6-3-10)20-8-9-1-4-11(19)7-13(9)14(20)21/h1-7H,8,19H2. The van der Waals surface area contributed by atoms with Crippen molar-refractivity contribution in [2.45, 2.75) is 12.7 Å². The molecule has 3 nitrogen and oxygen atoms in total. The number of nitrogen functional groups attached to an aromatic ring is 1. The van der Waals surface area contributed by atoms with E-state index in [-0.39, 0.29) is 5.91 Å². The van der Waals surface area contributed by atoms with Crippen LogP contribution in [-0.2, 0) is 12.7 Å². The van der Waals surface area contributed by atoms with Crippen LogP contribution in [0.1, 0.15) is 21.5 Å². The van der Waals surface area contributed by atoms with Gasteiger partial charge in [0.2, 0.25) is 0 Å². The Bertz CT molecular complexity index is 708. The molecule has 0 saturated heterocycles. The second kappa shape index (κ2) is 4.51. The number of carbonyl (C=O) groups excluding carboxylic acids is 1. The number of rotatable bonds is 1. The molecule has 0 fully saturated rings. The van der Waals surface area contributed by atoms with E-state index in [1.807, 2.05) is 0 Å². The van der Waals surface area contributed by atoms with Crippen LogP contribution in [0, 0.1) is 0 Å². The minimum Gasteiger partial charge on any atom is -0.399 e. The smallest absolute Gasteiger partial charge is 0.399 e. The number of nitrogens with zero attached hydrogens (tertiary/aromatic N) is 1. The molecule has 3 rings (SSSR count). The van der Waals surface area contributed by atoms with E-state index in [0.717, 1.165) is 17.7 Å². The highest BCUT2D eigenvalue weighted by molar-refractivity contribution is 6.10. The minimum atomic E-state index is -4.38. The number of carbonyl (C=O) groups is 1. The fourth-order valence-electron chi connectivity index (χ4n) is 2.36. The van der Waals surface area contributed by atoms with Crippen molar-refractivity contribution in [3.63, 3.8) is 0 Å². The zero-order valence-corrected chi connectivity index (χ0v) is 10.8. The van der Waals surface area contributed by atoms with Gasteiger partial charge in [0.05, 0.1) is 12.1 Å². The molecule has 6 heteroatoms. The average Bonchev–Trinajstić information content (AvgIpc) is 2.75. The predicted octanol–water partition coefficient (Wildman–Crippen LogP) is 3.45. The molecule has 1 amide bonds. The number of hydrogen-bond donors (Lipinski definition) is 1.